The van der Waals surface area contributed by atoms with Gasteiger partial charge in [0.25, 0.3) is 0 Å². The van der Waals surface area contributed by atoms with Crippen LogP contribution in [0.5, 0.6) is 0 Å². The second-order valence-corrected chi connectivity index (χ2v) is 7.64. The van der Waals surface area contributed by atoms with Crippen LogP contribution in [-0.2, 0) is 14.8 Å². The normalized spacial score (nSPS) is 23.5. The molecule has 6 nitrogen and oxygen atoms in total. The van der Waals surface area contributed by atoms with Gasteiger partial charge in [0.15, 0.2) is 0 Å². The molecule has 0 aliphatic carbocycles. The van der Waals surface area contributed by atoms with Gasteiger partial charge >= 0.3 is 0 Å². The number of hydrogen-bond donors (Lipinski definition) is 2. The Labute approximate surface area is 120 Å². The van der Waals surface area contributed by atoms with E-state index in [1.54, 1.807) is 12.1 Å². The SMILES string of the molecule is Cc1nc2ccc(S(=O)(=O)N[C@H]3COC[C@@H]3O)cc2s1. The van der Waals surface area contributed by atoms with E-state index in [1.807, 2.05) is 6.92 Å². The first kappa shape index (κ1) is 13.9. The third-order valence-corrected chi connectivity index (χ3v) is 5.56. The molecule has 0 bridgehead atoms. The molecule has 1 saturated heterocycles. The summed E-state index contributed by atoms with van der Waals surface area (Å²) in [6, 6.07) is 4.21. The Morgan fingerprint density at radius 1 is 1.45 bits per heavy atom. The molecule has 2 atom stereocenters. The predicted octanol–water partition coefficient (Wildman–Crippen LogP) is 0.643. The molecule has 1 fully saturated rings. The quantitative estimate of drug-likeness (QED) is 0.868. The fourth-order valence-electron chi connectivity index (χ4n) is 2.11. The zero-order valence-corrected chi connectivity index (χ0v) is 12.4. The van der Waals surface area contributed by atoms with Crippen molar-refractivity contribution in [3.8, 4) is 0 Å². The highest BCUT2D eigenvalue weighted by molar-refractivity contribution is 7.89. The van der Waals surface area contributed by atoms with Crippen LogP contribution in [0.15, 0.2) is 23.1 Å². The molecule has 2 N–H and O–H groups in total. The van der Waals surface area contributed by atoms with Crippen LogP contribution in [0.4, 0.5) is 0 Å². The number of thiazole rings is 1. The fraction of sp³-hybridized carbons (Fsp3) is 0.417. The largest absolute Gasteiger partial charge is 0.389 e. The van der Waals surface area contributed by atoms with Crippen molar-refractivity contribution in [1.29, 1.82) is 0 Å². The number of benzene rings is 1. The summed E-state index contributed by atoms with van der Waals surface area (Å²) in [6.45, 7) is 2.21. The van der Waals surface area contributed by atoms with Crippen LogP contribution in [0.25, 0.3) is 10.2 Å². The Bertz CT molecular complexity index is 741. The number of sulfonamides is 1. The van der Waals surface area contributed by atoms with Crippen molar-refractivity contribution in [3.63, 3.8) is 0 Å². The number of aromatic nitrogens is 1. The number of nitrogens with one attached hydrogen (secondary N) is 1. The summed E-state index contributed by atoms with van der Waals surface area (Å²) in [6.07, 6.45) is -0.806. The Hall–Kier alpha value is -1.06. The van der Waals surface area contributed by atoms with Gasteiger partial charge in [-0.25, -0.2) is 18.1 Å². The Morgan fingerprint density at radius 2 is 2.25 bits per heavy atom. The first-order valence-corrected chi connectivity index (χ1v) is 8.41. The zero-order chi connectivity index (χ0) is 14.3. The van der Waals surface area contributed by atoms with Gasteiger partial charge in [-0.05, 0) is 25.1 Å². The lowest BCUT2D eigenvalue weighted by atomic mass is 10.2. The van der Waals surface area contributed by atoms with E-state index >= 15 is 0 Å². The molecule has 0 spiro atoms. The topological polar surface area (TPSA) is 88.5 Å². The van der Waals surface area contributed by atoms with Crippen LogP contribution < -0.4 is 4.72 Å². The average Bonchev–Trinajstić information content (AvgIpc) is 2.93. The van der Waals surface area contributed by atoms with Crippen molar-refractivity contribution in [2.24, 2.45) is 0 Å². The fourth-order valence-corrected chi connectivity index (χ4v) is 4.33. The molecule has 1 aromatic heterocycles. The van der Waals surface area contributed by atoms with E-state index in [4.69, 9.17) is 4.74 Å². The molecule has 0 unspecified atom stereocenters. The van der Waals surface area contributed by atoms with Crippen molar-refractivity contribution >= 4 is 31.6 Å². The van der Waals surface area contributed by atoms with Gasteiger partial charge in [-0.3, -0.25) is 0 Å². The summed E-state index contributed by atoms with van der Waals surface area (Å²) in [7, 11) is -3.67. The molecule has 8 heteroatoms. The molecule has 3 rings (SSSR count). The summed E-state index contributed by atoms with van der Waals surface area (Å²) in [5, 5.41) is 10.5. The molecule has 20 heavy (non-hydrogen) atoms. The van der Waals surface area contributed by atoms with Crippen LogP contribution in [0, 0.1) is 6.92 Å². The maximum Gasteiger partial charge on any atom is 0.241 e. The Kier molecular flexibility index (Phi) is 3.51. The van der Waals surface area contributed by atoms with Crippen LogP contribution in [0.2, 0.25) is 0 Å². The lowest BCUT2D eigenvalue weighted by Crippen LogP contribution is -2.42. The number of aliphatic hydroxyl groups is 1. The van der Waals surface area contributed by atoms with E-state index in [9.17, 15) is 13.5 Å². The van der Waals surface area contributed by atoms with E-state index in [0.717, 1.165) is 15.2 Å². The molecule has 108 valence electrons. The van der Waals surface area contributed by atoms with Gasteiger partial charge in [0, 0.05) is 0 Å². The van der Waals surface area contributed by atoms with Gasteiger partial charge in [0.1, 0.15) is 0 Å². The molecule has 1 aliphatic heterocycles. The van der Waals surface area contributed by atoms with Gasteiger partial charge in [-0.2, -0.15) is 0 Å². The van der Waals surface area contributed by atoms with Crippen molar-refractivity contribution < 1.29 is 18.3 Å². The summed E-state index contributed by atoms with van der Waals surface area (Å²) in [5.74, 6) is 0. The molecule has 1 aromatic carbocycles. The lowest BCUT2D eigenvalue weighted by molar-refractivity contribution is 0.124. The third-order valence-electron chi connectivity index (χ3n) is 3.13. The van der Waals surface area contributed by atoms with E-state index in [1.165, 1.54) is 17.4 Å². The highest BCUT2D eigenvalue weighted by Crippen LogP contribution is 2.24. The van der Waals surface area contributed by atoms with Crippen LogP contribution in [-0.4, -0.2) is 43.9 Å². The first-order chi connectivity index (χ1) is 9.45. The van der Waals surface area contributed by atoms with Crippen molar-refractivity contribution in [3.05, 3.63) is 23.2 Å². The van der Waals surface area contributed by atoms with Crippen LogP contribution in [0.1, 0.15) is 5.01 Å². The molecule has 2 heterocycles. The van der Waals surface area contributed by atoms with Crippen LogP contribution in [0.3, 0.4) is 0 Å². The molecular formula is C12H14N2O4S2. The van der Waals surface area contributed by atoms with E-state index < -0.39 is 22.2 Å². The minimum absolute atomic E-state index is 0.153. The summed E-state index contributed by atoms with van der Waals surface area (Å²) in [5.41, 5.74) is 0.788. The molecule has 0 radical (unpaired) electrons. The number of aryl methyl sites for hydroxylation is 1. The number of ether oxygens (including phenoxy) is 1. The average molecular weight is 314 g/mol. The Morgan fingerprint density at radius 3 is 2.95 bits per heavy atom. The van der Waals surface area contributed by atoms with E-state index in [2.05, 4.69) is 9.71 Å². The second-order valence-electron chi connectivity index (χ2n) is 4.70. The highest BCUT2D eigenvalue weighted by atomic mass is 32.2. The minimum Gasteiger partial charge on any atom is -0.389 e. The van der Waals surface area contributed by atoms with E-state index in [-0.39, 0.29) is 18.1 Å². The van der Waals surface area contributed by atoms with Gasteiger partial charge in [0.2, 0.25) is 10.0 Å². The predicted molar refractivity (Wildman–Crippen MR) is 75.3 cm³/mol. The van der Waals surface area contributed by atoms with Crippen molar-refractivity contribution in [2.45, 2.75) is 24.0 Å². The first-order valence-electron chi connectivity index (χ1n) is 6.11. The number of aliphatic hydroxyl groups excluding tert-OH is 1. The maximum absolute atomic E-state index is 12.3. The molecule has 0 saturated carbocycles. The Balaban J connectivity index is 1.91. The zero-order valence-electron chi connectivity index (χ0n) is 10.7. The molecular weight excluding hydrogens is 300 g/mol. The number of rotatable bonds is 3. The van der Waals surface area contributed by atoms with Crippen LogP contribution >= 0.6 is 11.3 Å². The smallest absolute Gasteiger partial charge is 0.241 e. The number of fused-ring (bicyclic) bond motifs is 1. The summed E-state index contributed by atoms with van der Waals surface area (Å²) < 4.78 is 32.9. The van der Waals surface area contributed by atoms with Gasteiger partial charge in [0.05, 0.1) is 45.5 Å². The van der Waals surface area contributed by atoms with E-state index in [0.29, 0.717) is 0 Å². The van der Waals surface area contributed by atoms with Gasteiger partial charge < -0.3 is 9.84 Å². The van der Waals surface area contributed by atoms with Crippen molar-refractivity contribution in [2.75, 3.05) is 13.2 Å². The number of hydrogen-bond acceptors (Lipinski definition) is 6. The summed E-state index contributed by atoms with van der Waals surface area (Å²) >= 11 is 1.45. The summed E-state index contributed by atoms with van der Waals surface area (Å²) in [4.78, 5) is 4.47. The molecule has 1 aliphatic rings. The monoisotopic (exact) mass is 314 g/mol. The number of nitrogens with zero attached hydrogens (tertiary/aromatic N) is 1. The highest BCUT2D eigenvalue weighted by Gasteiger charge is 2.30. The van der Waals surface area contributed by atoms with Gasteiger partial charge in [-0.15, -0.1) is 11.3 Å². The maximum atomic E-state index is 12.3. The minimum atomic E-state index is -3.67. The standard InChI is InChI=1S/C12H14N2O4S2/c1-7-13-9-3-2-8(4-12(9)19-7)20(16,17)14-10-5-18-6-11(10)15/h2-4,10-11,14-15H,5-6H2,1H3/t10-,11-/m0/s1. The second kappa shape index (κ2) is 5.05. The van der Waals surface area contributed by atoms with Crippen molar-refractivity contribution in [1.82, 2.24) is 9.71 Å². The lowest BCUT2D eigenvalue weighted by Gasteiger charge is -2.14. The molecule has 2 aromatic rings. The third kappa shape index (κ3) is 2.57. The van der Waals surface area contributed by atoms with Gasteiger partial charge in [-0.1, -0.05) is 0 Å². The molecule has 0 amide bonds.